The summed E-state index contributed by atoms with van der Waals surface area (Å²) in [6, 6.07) is 3.72. The van der Waals surface area contributed by atoms with Gasteiger partial charge in [-0.3, -0.25) is 0 Å². The number of hydrogen-bond donors (Lipinski definition) is 2. The average Bonchev–Trinajstić information content (AvgIpc) is 2.14. The summed E-state index contributed by atoms with van der Waals surface area (Å²) in [5.74, 6) is 0. The van der Waals surface area contributed by atoms with Crippen LogP contribution in [0.15, 0.2) is 12.1 Å². The SMILES string of the molecule is Cc1ccc([CH]O)[nH]1. The van der Waals surface area contributed by atoms with Gasteiger partial charge in [0.2, 0.25) is 0 Å². The topological polar surface area (TPSA) is 36.0 Å². The summed E-state index contributed by atoms with van der Waals surface area (Å²) < 4.78 is 0. The van der Waals surface area contributed by atoms with Gasteiger partial charge >= 0.3 is 0 Å². The fraction of sp³-hybridized carbons (Fsp3) is 0.167. The van der Waals surface area contributed by atoms with Gasteiger partial charge in [-0.05, 0) is 19.1 Å². The highest BCUT2D eigenvalue weighted by molar-refractivity contribution is 5.15. The Bertz CT molecular complexity index is 169. The quantitative estimate of drug-likeness (QED) is 0.560. The molecule has 0 aliphatic heterocycles. The van der Waals surface area contributed by atoms with E-state index in [2.05, 4.69) is 4.98 Å². The van der Waals surface area contributed by atoms with Gasteiger partial charge in [0.1, 0.15) is 6.61 Å². The molecule has 0 aliphatic rings. The third-order valence-corrected chi connectivity index (χ3v) is 0.993. The molecule has 0 saturated carbocycles. The average molecular weight is 110 g/mol. The van der Waals surface area contributed by atoms with Gasteiger partial charge in [0.15, 0.2) is 0 Å². The number of aryl methyl sites for hydroxylation is 1. The lowest BCUT2D eigenvalue weighted by Crippen LogP contribution is -1.77. The molecule has 0 spiro atoms. The smallest absolute Gasteiger partial charge is 0.125 e. The third-order valence-electron chi connectivity index (χ3n) is 0.993. The molecule has 0 aliphatic carbocycles. The monoisotopic (exact) mass is 110 g/mol. The largest absolute Gasteiger partial charge is 0.384 e. The second-order valence-electron chi connectivity index (χ2n) is 1.73. The highest BCUT2D eigenvalue weighted by Crippen LogP contribution is 1.99. The van der Waals surface area contributed by atoms with Crippen molar-refractivity contribution in [2.24, 2.45) is 0 Å². The lowest BCUT2D eigenvalue weighted by Gasteiger charge is -1.83. The van der Waals surface area contributed by atoms with Crippen LogP contribution in [0, 0.1) is 13.5 Å². The van der Waals surface area contributed by atoms with Crippen molar-refractivity contribution >= 4 is 0 Å². The Morgan fingerprint density at radius 1 is 1.62 bits per heavy atom. The Hall–Kier alpha value is -0.760. The van der Waals surface area contributed by atoms with Gasteiger partial charge in [-0.15, -0.1) is 0 Å². The third kappa shape index (κ3) is 0.898. The van der Waals surface area contributed by atoms with Crippen molar-refractivity contribution in [3.05, 3.63) is 30.1 Å². The molecule has 2 heteroatoms. The van der Waals surface area contributed by atoms with E-state index in [1.165, 1.54) is 0 Å². The Balaban J connectivity index is 2.84. The minimum atomic E-state index is 0.752. The summed E-state index contributed by atoms with van der Waals surface area (Å²) in [4.78, 5) is 2.92. The normalized spacial score (nSPS) is 9.75. The van der Waals surface area contributed by atoms with Crippen molar-refractivity contribution in [1.29, 1.82) is 0 Å². The molecular weight excluding hydrogens is 102 g/mol. The van der Waals surface area contributed by atoms with Crippen molar-refractivity contribution in [3.63, 3.8) is 0 Å². The van der Waals surface area contributed by atoms with Crippen LogP contribution >= 0.6 is 0 Å². The molecule has 0 aromatic carbocycles. The zero-order chi connectivity index (χ0) is 5.98. The molecule has 1 heterocycles. The van der Waals surface area contributed by atoms with Crippen LogP contribution < -0.4 is 0 Å². The molecule has 0 amide bonds. The molecule has 0 fully saturated rings. The highest BCUT2D eigenvalue weighted by Gasteiger charge is 1.89. The Labute approximate surface area is 48.2 Å². The molecule has 2 nitrogen and oxygen atoms in total. The van der Waals surface area contributed by atoms with Crippen molar-refractivity contribution in [3.8, 4) is 0 Å². The van der Waals surface area contributed by atoms with Crippen LogP contribution in [0.25, 0.3) is 0 Å². The predicted molar refractivity (Wildman–Crippen MR) is 30.9 cm³/mol. The summed E-state index contributed by atoms with van der Waals surface area (Å²) >= 11 is 0. The van der Waals surface area contributed by atoms with Crippen LogP contribution in [-0.2, 0) is 0 Å². The number of hydrogen-bond acceptors (Lipinski definition) is 1. The van der Waals surface area contributed by atoms with Crippen LogP contribution in [0.3, 0.4) is 0 Å². The molecular formula is C6H8NO. The van der Waals surface area contributed by atoms with Gasteiger partial charge in [-0.1, -0.05) is 0 Å². The zero-order valence-corrected chi connectivity index (χ0v) is 4.68. The van der Waals surface area contributed by atoms with E-state index in [1.807, 2.05) is 19.1 Å². The van der Waals surface area contributed by atoms with E-state index in [0.29, 0.717) is 0 Å². The van der Waals surface area contributed by atoms with Crippen LogP contribution in [0.5, 0.6) is 0 Å². The van der Waals surface area contributed by atoms with E-state index in [9.17, 15) is 0 Å². The zero-order valence-electron chi connectivity index (χ0n) is 4.68. The van der Waals surface area contributed by atoms with Crippen molar-refractivity contribution in [1.82, 2.24) is 4.98 Å². The van der Waals surface area contributed by atoms with E-state index in [0.717, 1.165) is 18.0 Å². The first-order valence-electron chi connectivity index (χ1n) is 2.46. The van der Waals surface area contributed by atoms with Gasteiger partial charge in [0.25, 0.3) is 0 Å². The number of H-pyrrole nitrogens is 1. The number of aliphatic hydroxyl groups excluding tert-OH is 1. The molecule has 8 heavy (non-hydrogen) atoms. The fourth-order valence-electron chi connectivity index (χ4n) is 0.601. The second kappa shape index (κ2) is 2.01. The number of nitrogens with one attached hydrogen (secondary N) is 1. The predicted octanol–water partition coefficient (Wildman–Crippen LogP) is 1.21. The van der Waals surface area contributed by atoms with Gasteiger partial charge in [0.05, 0.1) is 0 Å². The molecule has 0 bridgehead atoms. The lowest BCUT2D eigenvalue weighted by molar-refractivity contribution is 0.411. The molecule has 1 rings (SSSR count). The summed E-state index contributed by atoms with van der Waals surface area (Å²) in [5, 5.41) is 8.39. The molecule has 0 atom stereocenters. The molecule has 1 radical (unpaired) electrons. The lowest BCUT2D eigenvalue weighted by atomic mass is 10.4. The van der Waals surface area contributed by atoms with Crippen LogP contribution in [0.4, 0.5) is 0 Å². The molecule has 1 aromatic rings. The molecule has 1 aromatic heterocycles. The first-order chi connectivity index (χ1) is 3.83. The first-order valence-corrected chi connectivity index (χ1v) is 2.46. The van der Waals surface area contributed by atoms with Gasteiger partial charge in [-0.25, -0.2) is 0 Å². The van der Waals surface area contributed by atoms with E-state index in [1.54, 1.807) is 0 Å². The van der Waals surface area contributed by atoms with Gasteiger partial charge in [-0.2, -0.15) is 0 Å². The Morgan fingerprint density at radius 2 is 2.38 bits per heavy atom. The van der Waals surface area contributed by atoms with Gasteiger partial charge < -0.3 is 10.1 Å². The maximum atomic E-state index is 8.39. The number of aromatic amines is 1. The summed E-state index contributed by atoms with van der Waals surface area (Å²) in [6.07, 6.45) is 0. The number of aromatic nitrogens is 1. The summed E-state index contributed by atoms with van der Waals surface area (Å²) in [7, 11) is 0. The minimum Gasteiger partial charge on any atom is -0.384 e. The van der Waals surface area contributed by atoms with Crippen LogP contribution in [0.2, 0.25) is 0 Å². The van der Waals surface area contributed by atoms with E-state index in [4.69, 9.17) is 5.11 Å². The van der Waals surface area contributed by atoms with E-state index < -0.39 is 0 Å². The molecule has 0 unspecified atom stereocenters. The van der Waals surface area contributed by atoms with E-state index in [-0.39, 0.29) is 0 Å². The Kier molecular flexibility index (Phi) is 1.35. The van der Waals surface area contributed by atoms with Crippen LogP contribution in [0.1, 0.15) is 11.4 Å². The van der Waals surface area contributed by atoms with Crippen LogP contribution in [-0.4, -0.2) is 10.1 Å². The molecule has 2 N–H and O–H groups in total. The molecule has 0 saturated heterocycles. The Morgan fingerprint density at radius 3 is 2.62 bits per heavy atom. The molecule has 43 valence electrons. The maximum Gasteiger partial charge on any atom is 0.125 e. The standard InChI is InChI=1S/C6H8NO/c1-5-2-3-6(4-8)7-5/h2-4,7-8H,1H3. The van der Waals surface area contributed by atoms with Crippen molar-refractivity contribution in [2.45, 2.75) is 6.92 Å². The number of rotatable bonds is 1. The summed E-state index contributed by atoms with van der Waals surface area (Å²) in [6.45, 7) is 2.99. The van der Waals surface area contributed by atoms with E-state index >= 15 is 0 Å². The number of aliphatic hydroxyl groups is 1. The van der Waals surface area contributed by atoms with Crippen molar-refractivity contribution in [2.75, 3.05) is 0 Å². The maximum absolute atomic E-state index is 8.39. The van der Waals surface area contributed by atoms with Gasteiger partial charge in [0, 0.05) is 11.4 Å². The first kappa shape index (κ1) is 5.38. The fourth-order valence-corrected chi connectivity index (χ4v) is 0.601. The highest BCUT2D eigenvalue weighted by atomic mass is 16.3. The van der Waals surface area contributed by atoms with Crippen molar-refractivity contribution < 1.29 is 5.11 Å². The minimum absolute atomic E-state index is 0.752. The summed E-state index contributed by atoms with van der Waals surface area (Å²) in [5.41, 5.74) is 1.81. The second-order valence-corrected chi connectivity index (χ2v) is 1.73.